The Labute approximate surface area is 220 Å². The number of pyridine rings is 1. The Bertz CT molecular complexity index is 1430. The molecule has 5 aromatic rings. The molecule has 0 saturated carbocycles. The average Bonchev–Trinajstić information content (AvgIpc) is 3.27. The minimum atomic E-state index is 0.401. The number of rotatable bonds is 7. The standard InChI is InChI=1S/C28H24BrN3O2.C2H6/c1-19-24(29)15-13-22-26(31-32(2)27(19)22)23-14-16-25(33-17-20-9-5-3-6-10-20)30-28(23)34-18-21-11-7-4-8-12-21;1-2/h3-16H,17-18H2,1-2H3;1-2H3. The number of fused-ring (bicyclic) bond motifs is 1. The van der Waals surface area contributed by atoms with Gasteiger partial charge in [-0.05, 0) is 41.8 Å². The van der Waals surface area contributed by atoms with E-state index in [-0.39, 0.29) is 0 Å². The van der Waals surface area contributed by atoms with E-state index in [0.29, 0.717) is 25.0 Å². The third kappa shape index (κ3) is 5.60. The molecule has 0 spiro atoms. The summed E-state index contributed by atoms with van der Waals surface area (Å²) in [6.45, 7) is 6.92. The molecule has 184 valence electrons. The van der Waals surface area contributed by atoms with Crippen molar-refractivity contribution in [1.82, 2.24) is 14.8 Å². The molecule has 0 aliphatic carbocycles. The molecule has 0 aliphatic rings. The van der Waals surface area contributed by atoms with Crippen LogP contribution in [0, 0.1) is 6.92 Å². The normalized spacial score (nSPS) is 10.6. The predicted octanol–water partition coefficient (Wildman–Crippen LogP) is 7.89. The first-order chi connectivity index (χ1) is 17.6. The fraction of sp³-hybridized carbons (Fsp3) is 0.200. The highest BCUT2D eigenvalue weighted by Gasteiger charge is 2.19. The van der Waals surface area contributed by atoms with E-state index in [2.05, 4.69) is 35.0 Å². The van der Waals surface area contributed by atoms with Crippen LogP contribution in [-0.2, 0) is 20.3 Å². The van der Waals surface area contributed by atoms with Crippen molar-refractivity contribution in [2.75, 3.05) is 0 Å². The lowest BCUT2D eigenvalue weighted by Crippen LogP contribution is -2.02. The second kappa shape index (κ2) is 11.9. The number of hydrogen-bond acceptors (Lipinski definition) is 4. The predicted molar refractivity (Wildman–Crippen MR) is 149 cm³/mol. The van der Waals surface area contributed by atoms with E-state index in [1.165, 1.54) is 0 Å². The van der Waals surface area contributed by atoms with Crippen LogP contribution in [0.5, 0.6) is 11.8 Å². The van der Waals surface area contributed by atoms with Crippen LogP contribution in [0.15, 0.2) is 89.4 Å². The summed E-state index contributed by atoms with van der Waals surface area (Å²) >= 11 is 3.63. The van der Waals surface area contributed by atoms with Crippen molar-refractivity contribution >= 4 is 26.8 Å². The number of hydrogen-bond donors (Lipinski definition) is 0. The SMILES string of the molecule is CC.Cc1c(Br)ccc2c(-c3ccc(OCc4ccccc4)nc3OCc3ccccc3)nn(C)c12. The van der Waals surface area contributed by atoms with E-state index in [1.54, 1.807) is 0 Å². The van der Waals surface area contributed by atoms with E-state index in [0.717, 1.165) is 43.3 Å². The topological polar surface area (TPSA) is 49.2 Å². The van der Waals surface area contributed by atoms with Crippen molar-refractivity contribution in [3.63, 3.8) is 0 Å². The summed E-state index contributed by atoms with van der Waals surface area (Å²) in [4.78, 5) is 4.73. The number of nitrogens with zero attached hydrogens (tertiary/aromatic N) is 3. The van der Waals surface area contributed by atoms with Gasteiger partial charge in [-0.2, -0.15) is 10.1 Å². The van der Waals surface area contributed by atoms with Crippen LogP contribution >= 0.6 is 15.9 Å². The molecule has 2 heterocycles. The van der Waals surface area contributed by atoms with E-state index in [9.17, 15) is 0 Å². The van der Waals surface area contributed by atoms with Crippen molar-refractivity contribution in [1.29, 1.82) is 0 Å². The monoisotopic (exact) mass is 543 g/mol. The number of benzene rings is 3. The maximum Gasteiger partial charge on any atom is 0.226 e. The zero-order valence-corrected chi connectivity index (χ0v) is 22.6. The summed E-state index contributed by atoms with van der Waals surface area (Å²) in [5, 5.41) is 5.88. The number of ether oxygens (including phenoxy) is 2. The van der Waals surface area contributed by atoms with Crippen molar-refractivity contribution in [3.05, 3.63) is 106 Å². The van der Waals surface area contributed by atoms with Crippen molar-refractivity contribution in [2.45, 2.75) is 34.0 Å². The summed E-state index contributed by atoms with van der Waals surface area (Å²) in [6, 6.07) is 28.1. The molecule has 3 aromatic carbocycles. The molecule has 0 fully saturated rings. The zero-order chi connectivity index (χ0) is 25.5. The molecular formula is C30H30BrN3O2. The maximum absolute atomic E-state index is 6.23. The molecule has 0 atom stereocenters. The molecule has 0 aliphatic heterocycles. The van der Waals surface area contributed by atoms with Crippen LogP contribution in [0.25, 0.3) is 22.2 Å². The van der Waals surface area contributed by atoms with Crippen LogP contribution in [0.3, 0.4) is 0 Å². The van der Waals surface area contributed by atoms with Gasteiger partial charge in [-0.15, -0.1) is 0 Å². The number of aromatic nitrogens is 3. The summed E-state index contributed by atoms with van der Waals surface area (Å²) in [7, 11) is 1.96. The molecule has 0 saturated heterocycles. The highest BCUT2D eigenvalue weighted by atomic mass is 79.9. The molecule has 5 rings (SSSR count). The first kappa shape index (κ1) is 25.5. The Kier molecular flexibility index (Phi) is 8.39. The lowest BCUT2D eigenvalue weighted by atomic mass is 10.1. The Hall–Kier alpha value is -3.64. The van der Waals surface area contributed by atoms with Gasteiger partial charge in [0.25, 0.3) is 0 Å². The molecule has 0 unspecified atom stereocenters. The Balaban J connectivity index is 0.00000148. The van der Waals surface area contributed by atoms with Crippen molar-refractivity contribution in [3.8, 4) is 23.0 Å². The summed E-state index contributed by atoms with van der Waals surface area (Å²) in [5.41, 5.74) is 6.02. The third-order valence-corrected chi connectivity index (χ3v) is 6.59. The summed E-state index contributed by atoms with van der Waals surface area (Å²) in [5.74, 6) is 1.00. The fourth-order valence-corrected chi connectivity index (χ4v) is 4.31. The highest BCUT2D eigenvalue weighted by Crippen LogP contribution is 2.37. The van der Waals surface area contributed by atoms with Gasteiger partial charge in [-0.1, -0.05) is 90.4 Å². The summed E-state index contributed by atoms with van der Waals surface area (Å²) < 4.78 is 15.2. The second-order valence-electron chi connectivity index (χ2n) is 8.09. The lowest BCUT2D eigenvalue weighted by Gasteiger charge is -2.12. The molecule has 0 bridgehead atoms. The first-order valence-corrected chi connectivity index (χ1v) is 12.9. The van der Waals surface area contributed by atoms with Gasteiger partial charge in [0.1, 0.15) is 18.9 Å². The molecule has 5 nitrogen and oxygen atoms in total. The molecule has 6 heteroatoms. The van der Waals surface area contributed by atoms with Gasteiger partial charge in [0.15, 0.2) is 0 Å². The first-order valence-electron chi connectivity index (χ1n) is 12.1. The van der Waals surface area contributed by atoms with Crippen molar-refractivity contribution < 1.29 is 9.47 Å². The Morgan fingerprint density at radius 1 is 0.778 bits per heavy atom. The largest absolute Gasteiger partial charge is 0.473 e. The molecule has 0 radical (unpaired) electrons. The van der Waals surface area contributed by atoms with Gasteiger partial charge in [0.2, 0.25) is 11.8 Å². The van der Waals surface area contributed by atoms with Gasteiger partial charge >= 0.3 is 0 Å². The van der Waals surface area contributed by atoms with E-state index < -0.39 is 0 Å². The van der Waals surface area contributed by atoms with Crippen LogP contribution in [-0.4, -0.2) is 14.8 Å². The molecule has 0 N–H and O–H groups in total. The highest BCUT2D eigenvalue weighted by molar-refractivity contribution is 9.10. The van der Waals surface area contributed by atoms with Gasteiger partial charge in [0.05, 0.1) is 11.1 Å². The molecular weight excluding hydrogens is 514 g/mol. The van der Waals surface area contributed by atoms with Crippen molar-refractivity contribution in [2.24, 2.45) is 7.05 Å². The number of aryl methyl sites for hydroxylation is 2. The molecule has 2 aromatic heterocycles. The minimum Gasteiger partial charge on any atom is -0.473 e. The average molecular weight is 544 g/mol. The Morgan fingerprint density at radius 2 is 1.39 bits per heavy atom. The van der Waals surface area contributed by atoms with E-state index in [1.807, 2.05) is 98.4 Å². The van der Waals surface area contributed by atoms with Crippen LogP contribution in [0.1, 0.15) is 30.5 Å². The second-order valence-corrected chi connectivity index (χ2v) is 8.95. The Morgan fingerprint density at radius 3 is 2.03 bits per heavy atom. The van der Waals surface area contributed by atoms with Gasteiger partial charge in [-0.3, -0.25) is 4.68 Å². The maximum atomic E-state index is 6.23. The summed E-state index contributed by atoms with van der Waals surface area (Å²) in [6.07, 6.45) is 0. The van der Waals surface area contributed by atoms with Gasteiger partial charge in [0, 0.05) is 23.0 Å². The lowest BCUT2D eigenvalue weighted by molar-refractivity contribution is 0.268. The third-order valence-electron chi connectivity index (χ3n) is 5.73. The minimum absolute atomic E-state index is 0.401. The van der Waals surface area contributed by atoms with E-state index in [4.69, 9.17) is 19.6 Å². The molecule has 0 amide bonds. The van der Waals surface area contributed by atoms with Gasteiger partial charge < -0.3 is 9.47 Å². The zero-order valence-electron chi connectivity index (χ0n) is 21.0. The van der Waals surface area contributed by atoms with Gasteiger partial charge in [-0.25, -0.2) is 0 Å². The smallest absolute Gasteiger partial charge is 0.226 e. The van der Waals surface area contributed by atoms with Crippen LogP contribution in [0.2, 0.25) is 0 Å². The number of halogens is 1. The van der Waals surface area contributed by atoms with Crippen LogP contribution in [0.4, 0.5) is 0 Å². The quantitative estimate of drug-likeness (QED) is 0.209. The van der Waals surface area contributed by atoms with E-state index >= 15 is 0 Å². The molecule has 36 heavy (non-hydrogen) atoms. The fourth-order valence-electron chi connectivity index (χ4n) is 3.99. The van der Waals surface area contributed by atoms with Crippen LogP contribution < -0.4 is 9.47 Å².